The fourth-order valence-electron chi connectivity index (χ4n) is 2.75. The van der Waals surface area contributed by atoms with E-state index in [9.17, 15) is 4.79 Å². The van der Waals surface area contributed by atoms with Crippen LogP contribution in [0, 0.1) is 11.8 Å². The van der Waals surface area contributed by atoms with Crippen LogP contribution in [0.1, 0.15) is 57.6 Å². The van der Waals surface area contributed by atoms with E-state index in [4.69, 9.17) is 9.15 Å². The Morgan fingerprint density at radius 2 is 2.00 bits per heavy atom. The zero-order valence-electron chi connectivity index (χ0n) is 15.7. The summed E-state index contributed by atoms with van der Waals surface area (Å²) in [5, 5.41) is 0. The molecular weight excluding hydrogens is 472 g/mol. The summed E-state index contributed by atoms with van der Waals surface area (Å²) in [6, 6.07) is 1.84. The first-order valence-electron chi connectivity index (χ1n) is 9.50. The maximum atomic E-state index is 12.1. The second-order valence-corrected chi connectivity index (χ2v) is 8.41. The third-order valence-electron chi connectivity index (χ3n) is 4.28. The first-order chi connectivity index (χ1) is 13.1. The van der Waals surface area contributed by atoms with E-state index in [2.05, 4.69) is 74.9 Å². The molecule has 1 aromatic heterocycles. The number of hydrogen-bond acceptors (Lipinski definition) is 3. The molecule has 0 spiro atoms. The molecule has 2 atom stereocenters. The van der Waals surface area contributed by atoms with Crippen LogP contribution in [0.5, 0.6) is 5.75 Å². The Labute approximate surface area is 178 Å². The van der Waals surface area contributed by atoms with Gasteiger partial charge >= 0.3 is 5.63 Å². The number of ether oxygens (including phenoxy) is 1. The van der Waals surface area contributed by atoms with Gasteiger partial charge in [-0.1, -0.05) is 53.1 Å². The predicted molar refractivity (Wildman–Crippen MR) is 118 cm³/mol. The van der Waals surface area contributed by atoms with Gasteiger partial charge in [-0.25, -0.2) is 4.79 Å². The highest BCUT2D eigenvalue weighted by Gasteiger charge is 2.21. The number of rotatable bonds is 1. The van der Waals surface area contributed by atoms with Gasteiger partial charge in [0.2, 0.25) is 0 Å². The van der Waals surface area contributed by atoms with Gasteiger partial charge in [-0.3, -0.25) is 0 Å². The minimum Gasteiger partial charge on any atom is -0.488 e. The molecule has 2 rings (SSSR count). The Morgan fingerprint density at radius 3 is 2.81 bits per heavy atom. The van der Waals surface area contributed by atoms with Crippen LogP contribution in [0.25, 0.3) is 0 Å². The summed E-state index contributed by atoms with van der Waals surface area (Å²) in [4.78, 5) is 12.3. The highest BCUT2D eigenvalue weighted by molar-refractivity contribution is 9.10. The number of aryl methyl sites for hydroxylation is 1. The maximum Gasteiger partial charge on any atom is 0.354 e. The molecule has 146 valence electrons. The molecule has 0 amide bonds. The molecule has 0 saturated heterocycles. The highest BCUT2D eigenvalue weighted by Crippen LogP contribution is 2.28. The van der Waals surface area contributed by atoms with Gasteiger partial charge in [0.15, 0.2) is 0 Å². The van der Waals surface area contributed by atoms with Gasteiger partial charge in [0.1, 0.15) is 22.1 Å². The van der Waals surface area contributed by atoms with Crippen molar-refractivity contribution in [1.29, 1.82) is 0 Å². The number of hydrogen-bond donors (Lipinski definition) is 0. The lowest BCUT2D eigenvalue weighted by atomic mass is 10.1. The van der Waals surface area contributed by atoms with E-state index in [0.29, 0.717) is 22.4 Å². The van der Waals surface area contributed by atoms with Crippen LogP contribution in [0.2, 0.25) is 0 Å². The maximum absolute atomic E-state index is 12.1. The summed E-state index contributed by atoms with van der Waals surface area (Å²) in [6.45, 7) is 2.08. The largest absolute Gasteiger partial charge is 0.488 e. The van der Waals surface area contributed by atoms with Gasteiger partial charge in [0.05, 0.1) is 4.83 Å². The van der Waals surface area contributed by atoms with Crippen LogP contribution in [0.4, 0.5) is 0 Å². The SMILES string of the molecule is CCC1Oc2cc(oc(=O)c2Br)CCCCC#CCC=CCC=CCC1Br. The van der Waals surface area contributed by atoms with E-state index in [1.54, 1.807) is 0 Å². The number of fused-ring (bicyclic) bond motifs is 2. The van der Waals surface area contributed by atoms with Gasteiger partial charge < -0.3 is 9.15 Å². The van der Waals surface area contributed by atoms with E-state index in [-0.39, 0.29) is 16.6 Å². The Morgan fingerprint density at radius 1 is 1.19 bits per heavy atom. The second kappa shape index (κ2) is 12.3. The van der Waals surface area contributed by atoms with Crippen molar-refractivity contribution >= 4 is 31.9 Å². The van der Waals surface area contributed by atoms with Gasteiger partial charge in [-0.2, -0.15) is 0 Å². The molecule has 3 nitrogen and oxygen atoms in total. The zero-order valence-corrected chi connectivity index (χ0v) is 18.9. The van der Waals surface area contributed by atoms with Crippen molar-refractivity contribution in [3.05, 3.63) is 51.0 Å². The van der Waals surface area contributed by atoms with Crippen molar-refractivity contribution in [3.8, 4) is 17.6 Å². The lowest BCUT2D eigenvalue weighted by Gasteiger charge is -2.22. The smallest absolute Gasteiger partial charge is 0.354 e. The lowest BCUT2D eigenvalue weighted by molar-refractivity contribution is 0.191. The third-order valence-corrected chi connectivity index (χ3v) is 5.96. The fourth-order valence-corrected chi connectivity index (χ4v) is 3.74. The summed E-state index contributed by atoms with van der Waals surface area (Å²) in [6.07, 6.45) is 15.4. The molecule has 1 aliphatic rings. The molecule has 1 aromatic rings. The Balaban J connectivity index is 2.20. The van der Waals surface area contributed by atoms with Gasteiger partial charge in [-0.15, -0.1) is 5.92 Å². The van der Waals surface area contributed by atoms with Crippen molar-refractivity contribution in [2.24, 2.45) is 0 Å². The summed E-state index contributed by atoms with van der Waals surface area (Å²) in [5.41, 5.74) is -0.389. The average Bonchev–Trinajstić information content (AvgIpc) is 2.66. The molecule has 0 aliphatic carbocycles. The van der Waals surface area contributed by atoms with Gasteiger partial charge in [-0.05, 0) is 48.0 Å². The molecule has 5 heteroatoms. The normalized spacial score (nSPS) is 21.9. The number of alkyl halides is 1. The van der Waals surface area contributed by atoms with E-state index in [1.807, 2.05) is 6.07 Å². The second-order valence-electron chi connectivity index (χ2n) is 6.44. The third kappa shape index (κ3) is 7.71. The first-order valence-corrected chi connectivity index (χ1v) is 11.2. The van der Waals surface area contributed by atoms with Crippen molar-refractivity contribution in [2.45, 2.75) is 69.2 Å². The van der Waals surface area contributed by atoms with E-state index in [1.165, 1.54) is 0 Å². The predicted octanol–water partition coefficient (Wildman–Crippen LogP) is 6.34. The van der Waals surface area contributed by atoms with Crippen molar-refractivity contribution in [1.82, 2.24) is 0 Å². The molecule has 0 N–H and O–H groups in total. The summed E-state index contributed by atoms with van der Waals surface area (Å²) < 4.78 is 11.9. The summed E-state index contributed by atoms with van der Waals surface area (Å²) in [5.74, 6) is 7.59. The van der Waals surface area contributed by atoms with E-state index >= 15 is 0 Å². The molecule has 0 radical (unpaired) electrons. The molecule has 2 unspecified atom stereocenters. The monoisotopic (exact) mass is 496 g/mol. The lowest BCUT2D eigenvalue weighted by Crippen LogP contribution is -2.27. The topological polar surface area (TPSA) is 39.4 Å². The van der Waals surface area contributed by atoms with Crippen LogP contribution in [-0.2, 0) is 6.42 Å². The van der Waals surface area contributed by atoms with E-state index in [0.717, 1.165) is 44.9 Å². The molecule has 0 aromatic carbocycles. The molecule has 2 heterocycles. The molecular formula is C22H26Br2O3. The standard InChI is InChI=1S/C22H26Br2O3/c1-2-19-18(23)15-13-11-9-7-5-3-4-6-8-10-12-14-17-16-20(27-19)21(24)22(25)26-17/h5,7,11,13,16,18-19H,2-3,8-10,12,14-15H2,1H3. The molecule has 0 fully saturated rings. The molecule has 0 saturated carbocycles. The molecule has 1 aliphatic heterocycles. The van der Waals surface area contributed by atoms with Crippen molar-refractivity contribution in [2.75, 3.05) is 0 Å². The van der Waals surface area contributed by atoms with E-state index < -0.39 is 0 Å². The highest BCUT2D eigenvalue weighted by atomic mass is 79.9. The quantitative estimate of drug-likeness (QED) is 0.258. The Kier molecular flexibility index (Phi) is 10.0. The van der Waals surface area contributed by atoms with Gasteiger partial charge in [0.25, 0.3) is 0 Å². The van der Waals surface area contributed by atoms with Gasteiger partial charge in [0, 0.05) is 25.3 Å². The van der Waals surface area contributed by atoms with Crippen LogP contribution in [0.3, 0.4) is 0 Å². The fraction of sp³-hybridized carbons (Fsp3) is 0.500. The van der Waals surface area contributed by atoms with Crippen LogP contribution in [-0.4, -0.2) is 10.9 Å². The Bertz CT molecular complexity index is 768. The van der Waals surface area contributed by atoms with Crippen LogP contribution < -0.4 is 10.4 Å². The minimum absolute atomic E-state index is 0.0355. The summed E-state index contributed by atoms with van der Waals surface area (Å²) in [7, 11) is 0. The average molecular weight is 498 g/mol. The molecule has 2 bridgehead atoms. The summed E-state index contributed by atoms with van der Waals surface area (Å²) >= 11 is 7.06. The number of halogens is 2. The number of allylic oxidation sites excluding steroid dienone is 4. The zero-order chi connectivity index (χ0) is 19.5. The van der Waals surface area contributed by atoms with Crippen molar-refractivity contribution in [3.63, 3.8) is 0 Å². The first kappa shape index (κ1) is 22.0. The van der Waals surface area contributed by atoms with Crippen molar-refractivity contribution < 1.29 is 9.15 Å². The molecule has 27 heavy (non-hydrogen) atoms. The van der Waals surface area contributed by atoms with Crippen LogP contribution >= 0.6 is 31.9 Å². The van der Waals surface area contributed by atoms with Crippen LogP contribution in [0.15, 0.2) is 44.1 Å². The Hall–Kier alpha value is -1.25. The minimum atomic E-state index is -0.389.